The lowest BCUT2D eigenvalue weighted by Gasteiger charge is -2.12. The van der Waals surface area contributed by atoms with E-state index >= 15 is 0 Å². The first-order valence-electron chi connectivity index (χ1n) is 17.0. The summed E-state index contributed by atoms with van der Waals surface area (Å²) >= 11 is 3.83. The van der Waals surface area contributed by atoms with E-state index in [0.29, 0.717) is 0 Å². The molecule has 5 heteroatoms. The van der Waals surface area contributed by atoms with E-state index in [2.05, 4.69) is 132 Å². The molecule has 5 aromatic carbocycles. The topological polar surface area (TPSA) is 30.7 Å². The standard InChI is InChI=1S/C44H29N3S2/c1-2-11-26(12-3-1)40-34-15-4-7-18-36(34)45-44(46-40)47-37-24-21-27(28-16-10-17-32-29-13-5-8-19-38(29)48-42(28)32)25-35(37)31-22-23-33-30-14-6-9-20-39(30)49-43(33)41(31)47/h1-3,5-6,8,10-19,21-25H,4,7,9,20H2. The van der Waals surface area contributed by atoms with Crippen molar-refractivity contribution < 1.29 is 0 Å². The van der Waals surface area contributed by atoms with Gasteiger partial charge >= 0.3 is 0 Å². The lowest BCUT2D eigenvalue weighted by Crippen LogP contribution is -2.34. The molecule has 0 spiro atoms. The zero-order valence-electron chi connectivity index (χ0n) is 26.6. The summed E-state index contributed by atoms with van der Waals surface area (Å²) in [5.41, 5.74) is 8.35. The number of benzene rings is 5. The van der Waals surface area contributed by atoms with Gasteiger partial charge in [-0.05, 0) is 60.6 Å². The molecule has 4 aromatic heterocycles. The Kier molecular flexibility index (Phi) is 5.95. The summed E-state index contributed by atoms with van der Waals surface area (Å²) < 4.78 is 6.34. The lowest BCUT2D eigenvalue weighted by molar-refractivity contribution is 0.951. The average molecular weight is 664 g/mol. The molecule has 0 aliphatic heterocycles. The number of hydrogen-bond donors (Lipinski definition) is 0. The molecule has 49 heavy (non-hydrogen) atoms. The van der Waals surface area contributed by atoms with Crippen molar-refractivity contribution in [3.05, 3.63) is 130 Å². The van der Waals surface area contributed by atoms with E-state index in [9.17, 15) is 0 Å². The molecule has 0 radical (unpaired) electrons. The maximum absolute atomic E-state index is 5.43. The molecule has 0 unspecified atom stereocenters. The maximum atomic E-state index is 5.43. The van der Waals surface area contributed by atoms with Crippen LogP contribution in [-0.2, 0) is 6.42 Å². The molecule has 4 heterocycles. The second-order valence-electron chi connectivity index (χ2n) is 13.1. The number of nitrogens with zero attached hydrogens (tertiary/aromatic N) is 3. The predicted molar refractivity (Wildman–Crippen MR) is 210 cm³/mol. The third-order valence-electron chi connectivity index (χ3n) is 10.3. The second kappa shape index (κ2) is 10.6. The van der Waals surface area contributed by atoms with Crippen molar-refractivity contribution >= 4 is 93.0 Å². The molecule has 2 aliphatic carbocycles. The van der Waals surface area contributed by atoms with Gasteiger partial charge in [-0.1, -0.05) is 109 Å². The van der Waals surface area contributed by atoms with Gasteiger partial charge in [0.2, 0.25) is 5.95 Å². The fraction of sp³-hybridized carbons (Fsp3) is 0.0909. The fourth-order valence-electron chi connectivity index (χ4n) is 8.05. The van der Waals surface area contributed by atoms with Crippen LogP contribution in [0.4, 0.5) is 0 Å². The van der Waals surface area contributed by atoms with Crippen LogP contribution in [0, 0.1) is 0 Å². The van der Waals surface area contributed by atoms with Crippen LogP contribution in [0.1, 0.15) is 29.7 Å². The number of allylic oxidation sites excluding steroid dienone is 1. The summed E-state index contributed by atoms with van der Waals surface area (Å²) in [5, 5.41) is 8.61. The van der Waals surface area contributed by atoms with Crippen molar-refractivity contribution in [2.24, 2.45) is 0 Å². The summed E-state index contributed by atoms with van der Waals surface area (Å²) in [5.74, 6) is 0.734. The Hall–Kier alpha value is -5.36. The van der Waals surface area contributed by atoms with Gasteiger partial charge in [0, 0.05) is 52.0 Å². The second-order valence-corrected chi connectivity index (χ2v) is 15.2. The number of fused-ring (bicyclic) bond motifs is 11. The van der Waals surface area contributed by atoms with Gasteiger partial charge in [-0.15, -0.1) is 22.7 Å². The van der Waals surface area contributed by atoms with Crippen LogP contribution >= 0.6 is 22.7 Å². The van der Waals surface area contributed by atoms with Gasteiger partial charge < -0.3 is 0 Å². The highest BCUT2D eigenvalue weighted by Gasteiger charge is 2.23. The monoisotopic (exact) mass is 663 g/mol. The lowest BCUT2D eigenvalue weighted by atomic mass is 9.99. The number of aromatic nitrogens is 3. The van der Waals surface area contributed by atoms with E-state index in [1.54, 1.807) is 0 Å². The molecule has 0 atom stereocenters. The largest absolute Gasteiger partial charge is 0.276 e. The minimum atomic E-state index is 0.734. The zero-order chi connectivity index (χ0) is 32.1. The van der Waals surface area contributed by atoms with Crippen LogP contribution in [0.2, 0.25) is 0 Å². The normalized spacial score (nSPS) is 14.0. The van der Waals surface area contributed by atoms with E-state index in [1.807, 2.05) is 22.7 Å². The minimum absolute atomic E-state index is 0.734. The molecular formula is C44H29N3S2. The summed E-state index contributed by atoms with van der Waals surface area (Å²) in [4.78, 5) is 12.2. The van der Waals surface area contributed by atoms with Gasteiger partial charge in [-0.3, -0.25) is 4.57 Å². The van der Waals surface area contributed by atoms with Crippen LogP contribution in [-0.4, -0.2) is 14.5 Å². The smallest absolute Gasteiger partial charge is 0.235 e. The van der Waals surface area contributed by atoms with Crippen LogP contribution in [0.5, 0.6) is 0 Å². The Labute approximate surface area is 290 Å². The van der Waals surface area contributed by atoms with Gasteiger partial charge in [-0.25, -0.2) is 9.97 Å². The first kappa shape index (κ1) is 27.6. The first-order valence-corrected chi connectivity index (χ1v) is 18.7. The third kappa shape index (κ3) is 4.06. The van der Waals surface area contributed by atoms with Crippen molar-refractivity contribution in [1.82, 2.24) is 14.5 Å². The average Bonchev–Trinajstić information content (AvgIpc) is 3.84. The Morgan fingerprint density at radius 1 is 0.612 bits per heavy atom. The van der Waals surface area contributed by atoms with E-state index < -0.39 is 0 Å². The van der Waals surface area contributed by atoms with Crippen LogP contribution < -0.4 is 10.6 Å². The molecule has 11 rings (SSSR count). The highest BCUT2D eigenvalue weighted by molar-refractivity contribution is 7.26. The van der Waals surface area contributed by atoms with Crippen molar-refractivity contribution in [3.63, 3.8) is 0 Å². The van der Waals surface area contributed by atoms with Crippen LogP contribution in [0.25, 0.3) is 98.6 Å². The van der Waals surface area contributed by atoms with E-state index in [-0.39, 0.29) is 0 Å². The highest BCUT2D eigenvalue weighted by Crippen LogP contribution is 2.45. The molecule has 0 bridgehead atoms. The molecule has 232 valence electrons. The van der Waals surface area contributed by atoms with Crippen LogP contribution in [0.3, 0.4) is 0 Å². The number of thiophene rings is 2. The summed E-state index contributed by atoms with van der Waals surface area (Å²) in [6.45, 7) is 0. The van der Waals surface area contributed by atoms with Gasteiger partial charge in [0.15, 0.2) is 0 Å². The highest BCUT2D eigenvalue weighted by atomic mass is 32.1. The Morgan fingerprint density at radius 2 is 1.47 bits per heavy atom. The SMILES string of the molecule is C1=Cc2c(sc3c2ccc2c4cc(-c5cccc6c5sc5ccccc56)ccc4n(-c4nc(-c5ccccc5)c5c(n4)=CCCC=5)c23)CC1. The number of rotatable bonds is 3. The van der Waals surface area contributed by atoms with Gasteiger partial charge in [0.25, 0.3) is 0 Å². The third-order valence-corrected chi connectivity index (χ3v) is 12.8. The van der Waals surface area contributed by atoms with Crippen LogP contribution in [0.15, 0.2) is 109 Å². The molecule has 9 aromatic rings. The van der Waals surface area contributed by atoms with E-state index in [4.69, 9.17) is 9.97 Å². The summed E-state index contributed by atoms with van der Waals surface area (Å²) in [6.07, 6.45) is 13.4. The Morgan fingerprint density at radius 3 is 2.43 bits per heavy atom. The fourth-order valence-corrected chi connectivity index (χ4v) is 10.6. The van der Waals surface area contributed by atoms with E-state index in [1.165, 1.54) is 68.1 Å². The summed E-state index contributed by atoms with van der Waals surface area (Å²) in [6, 6.07) is 37.8. The van der Waals surface area contributed by atoms with Crippen molar-refractivity contribution in [2.45, 2.75) is 25.7 Å². The molecule has 0 saturated carbocycles. The quantitative estimate of drug-likeness (QED) is 0.188. The van der Waals surface area contributed by atoms with Crippen molar-refractivity contribution in [2.75, 3.05) is 0 Å². The number of hydrogen-bond acceptors (Lipinski definition) is 4. The Balaban J connectivity index is 1.25. The molecule has 0 N–H and O–H groups in total. The minimum Gasteiger partial charge on any atom is -0.276 e. The molecule has 3 nitrogen and oxygen atoms in total. The van der Waals surface area contributed by atoms with Crippen molar-refractivity contribution in [3.8, 4) is 28.3 Å². The van der Waals surface area contributed by atoms with Gasteiger partial charge in [0.05, 0.1) is 26.8 Å². The molecule has 0 fully saturated rings. The molecule has 0 amide bonds. The van der Waals surface area contributed by atoms with E-state index in [0.717, 1.165) is 59.0 Å². The maximum Gasteiger partial charge on any atom is 0.235 e. The molecular weight excluding hydrogens is 635 g/mol. The van der Waals surface area contributed by atoms with Gasteiger partial charge in [0.1, 0.15) is 0 Å². The summed E-state index contributed by atoms with van der Waals surface area (Å²) in [7, 11) is 0. The zero-order valence-corrected chi connectivity index (χ0v) is 28.2. The first-order chi connectivity index (χ1) is 24.3. The number of aryl methyl sites for hydroxylation is 1. The Bertz CT molecular complexity index is 2990. The predicted octanol–water partition coefficient (Wildman–Crippen LogP) is 10.8. The molecule has 2 aliphatic rings. The molecule has 0 saturated heterocycles. The van der Waals surface area contributed by atoms with Crippen molar-refractivity contribution in [1.29, 1.82) is 0 Å². The van der Waals surface area contributed by atoms with Gasteiger partial charge in [-0.2, -0.15) is 0 Å².